The largest absolute Gasteiger partial charge is 0.396 e. The Morgan fingerprint density at radius 3 is 2.68 bits per heavy atom. The van der Waals surface area contributed by atoms with Crippen LogP contribution in [-0.4, -0.2) is 26.7 Å². The minimum Gasteiger partial charge on any atom is -0.396 e. The van der Waals surface area contributed by atoms with Crippen molar-refractivity contribution in [3.05, 3.63) is 18.2 Å². The van der Waals surface area contributed by atoms with Crippen LogP contribution in [0.25, 0.3) is 0 Å². The van der Waals surface area contributed by atoms with Crippen molar-refractivity contribution in [3.8, 4) is 0 Å². The fraction of sp³-hybridized carbons (Fsp3) is 0.500. The van der Waals surface area contributed by atoms with Crippen molar-refractivity contribution in [2.24, 2.45) is 5.14 Å². The molecule has 2 unspecified atom stereocenters. The third kappa shape index (κ3) is 2.68. The average Bonchev–Trinajstić information content (AvgIpc) is 2.61. The molecule has 0 bridgehead atoms. The van der Waals surface area contributed by atoms with Gasteiger partial charge < -0.3 is 15.8 Å². The van der Waals surface area contributed by atoms with Gasteiger partial charge >= 0.3 is 0 Å². The van der Waals surface area contributed by atoms with Crippen LogP contribution in [0.2, 0.25) is 0 Å². The summed E-state index contributed by atoms with van der Waals surface area (Å²) in [4.78, 5) is -0.0623. The molecule has 19 heavy (non-hydrogen) atoms. The number of benzene rings is 1. The van der Waals surface area contributed by atoms with Gasteiger partial charge in [-0.1, -0.05) is 6.07 Å². The van der Waals surface area contributed by atoms with Crippen molar-refractivity contribution in [3.63, 3.8) is 0 Å². The second-order valence-electron chi connectivity index (χ2n) is 5.07. The van der Waals surface area contributed by atoms with Crippen molar-refractivity contribution in [2.75, 3.05) is 17.7 Å². The van der Waals surface area contributed by atoms with Gasteiger partial charge in [-0.25, -0.2) is 13.6 Å². The molecule has 2 rings (SSSR count). The molecule has 1 saturated heterocycles. The van der Waals surface area contributed by atoms with E-state index in [0.717, 1.165) is 6.42 Å². The van der Waals surface area contributed by atoms with Gasteiger partial charge in [0, 0.05) is 6.61 Å². The molecule has 1 aliphatic rings. The number of rotatable bonds is 3. The number of ether oxygens (including phenoxy) is 1. The second kappa shape index (κ2) is 4.66. The molecule has 1 fully saturated rings. The van der Waals surface area contributed by atoms with Crippen molar-refractivity contribution < 1.29 is 13.2 Å². The van der Waals surface area contributed by atoms with Crippen LogP contribution in [0.4, 0.5) is 11.4 Å². The SMILES string of the molecule is CC1OCCC1(C)Nc1cccc(S(N)(=O)=O)c1N. The van der Waals surface area contributed by atoms with Crippen LogP contribution in [0.1, 0.15) is 20.3 Å². The Morgan fingerprint density at radius 2 is 2.16 bits per heavy atom. The summed E-state index contributed by atoms with van der Waals surface area (Å²) in [7, 11) is -3.82. The first-order chi connectivity index (χ1) is 8.74. The van der Waals surface area contributed by atoms with Crippen LogP contribution in [0.15, 0.2) is 23.1 Å². The Hall–Kier alpha value is -1.31. The fourth-order valence-electron chi connectivity index (χ4n) is 2.21. The molecule has 1 aromatic rings. The second-order valence-corrected chi connectivity index (χ2v) is 6.60. The molecule has 106 valence electrons. The molecule has 0 aromatic heterocycles. The van der Waals surface area contributed by atoms with Gasteiger partial charge in [0.15, 0.2) is 0 Å². The highest BCUT2D eigenvalue weighted by atomic mass is 32.2. The lowest BCUT2D eigenvalue weighted by Crippen LogP contribution is -2.41. The molecule has 0 aliphatic carbocycles. The summed E-state index contributed by atoms with van der Waals surface area (Å²) in [6.07, 6.45) is 0.845. The molecular weight excluding hydrogens is 266 g/mol. The van der Waals surface area contributed by atoms with E-state index in [-0.39, 0.29) is 22.2 Å². The lowest BCUT2D eigenvalue weighted by molar-refractivity contribution is 0.105. The topological polar surface area (TPSA) is 107 Å². The number of nitrogen functional groups attached to an aromatic ring is 1. The minimum atomic E-state index is -3.82. The van der Waals surface area contributed by atoms with Crippen molar-refractivity contribution in [1.29, 1.82) is 0 Å². The molecule has 1 aromatic carbocycles. The fourth-order valence-corrected chi connectivity index (χ4v) is 2.89. The summed E-state index contributed by atoms with van der Waals surface area (Å²) in [5.41, 5.74) is 6.32. The van der Waals surface area contributed by atoms with E-state index in [1.165, 1.54) is 6.07 Å². The van der Waals surface area contributed by atoms with E-state index in [4.69, 9.17) is 15.6 Å². The molecule has 5 N–H and O–H groups in total. The highest BCUT2D eigenvalue weighted by Crippen LogP contribution is 2.33. The van der Waals surface area contributed by atoms with Crippen LogP contribution in [0, 0.1) is 0 Å². The number of para-hydroxylation sites is 1. The first-order valence-electron chi connectivity index (χ1n) is 6.05. The highest BCUT2D eigenvalue weighted by Gasteiger charge is 2.37. The molecule has 0 saturated carbocycles. The van der Waals surface area contributed by atoms with Crippen LogP contribution in [-0.2, 0) is 14.8 Å². The predicted molar refractivity (Wildman–Crippen MR) is 74.3 cm³/mol. The molecule has 2 atom stereocenters. The summed E-state index contributed by atoms with van der Waals surface area (Å²) in [5.74, 6) is 0. The van der Waals surface area contributed by atoms with Crippen LogP contribution in [0.5, 0.6) is 0 Å². The number of primary sulfonamides is 1. The zero-order chi connectivity index (χ0) is 14.3. The van der Waals surface area contributed by atoms with E-state index in [1.807, 2.05) is 13.8 Å². The number of sulfonamides is 1. The molecule has 0 radical (unpaired) electrons. The van der Waals surface area contributed by atoms with E-state index in [0.29, 0.717) is 12.3 Å². The number of nitrogens with two attached hydrogens (primary N) is 2. The first kappa shape index (κ1) is 14.1. The predicted octanol–water partition coefficient (Wildman–Crippen LogP) is 0.896. The quantitative estimate of drug-likeness (QED) is 0.715. The van der Waals surface area contributed by atoms with E-state index in [9.17, 15) is 8.42 Å². The minimum absolute atomic E-state index is 0.0186. The van der Waals surface area contributed by atoms with Crippen LogP contribution in [0.3, 0.4) is 0 Å². The van der Waals surface area contributed by atoms with E-state index in [1.54, 1.807) is 12.1 Å². The van der Waals surface area contributed by atoms with E-state index >= 15 is 0 Å². The molecule has 6 nitrogen and oxygen atoms in total. The van der Waals surface area contributed by atoms with Crippen LogP contribution >= 0.6 is 0 Å². The molecule has 7 heteroatoms. The molecule has 1 aliphatic heterocycles. The lowest BCUT2D eigenvalue weighted by Gasteiger charge is -2.31. The van der Waals surface area contributed by atoms with Gasteiger partial charge in [0.25, 0.3) is 0 Å². The van der Waals surface area contributed by atoms with Gasteiger partial charge in [0.2, 0.25) is 10.0 Å². The third-order valence-electron chi connectivity index (χ3n) is 3.68. The summed E-state index contributed by atoms with van der Waals surface area (Å²) in [5, 5.41) is 8.41. The molecule has 0 amide bonds. The average molecular weight is 285 g/mol. The van der Waals surface area contributed by atoms with Gasteiger partial charge in [0.1, 0.15) is 4.90 Å². The number of anilines is 2. The van der Waals surface area contributed by atoms with Crippen LogP contribution < -0.4 is 16.2 Å². The first-order valence-corrected chi connectivity index (χ1v) is 7.60. The van der Waals surface area contributed by atoms with Gasteiger partial charge in [-0.05, 0) is 32.4 Å². The standard InChI is InChI=1S/C12H19N3O3S/c1-8-12(2,6-7-18-8)15-9-4-3-5-10(11(9)13)19(14,16)17/h3-5,8,15H,6-7,13H2,1-2H3,(H2,14,16,17). The molecule has 1 heterocycles. The van der Waals surface area contributed by atoms with Gasteiger partial charge in [-0.15, -0.1) is 0 Å². The Bertz CT molecular complexity index is 588. The Morgan fingerprint density at radius 1 is 1.47 bits per heavy atom. The molecular formula is C12H19N3O3S. The summed E-state index contributed by atoms with van der Waals surface area (Å²) in [6, 6.07) is 4.75. The number of hydrogen-bond acceptors (Lipinski definition) is 5. The normalized spacial score (nSPS) is 27.4. The van der Waals surface area contributed by atoms with Gasteiger partial charge in [-0.2, -0.15) is 0 Å². The van der Waals surface area contributed by atoms with Crippen molar-refractivity contribution >= 4 is 21.4 Å². The smallest absolute Gasteiger partial charge is 0.240 e. The zero-order valence-electron chi connectivity index (χ0n) is 11.0. The number of hydrogen-bond donors (Lipinski definition) is 3. The maximum Gasteiger partial charge on any atom is 0.240 e. The summed E-state index contributed by atoms with van der Waals surface area (Å²) < 4.78 is 28.4. The third-order valence-corrected chi connectivity index (χ3v) is 4.65. The van der Waals surface area contributed by atoms with E-state index < -0.39 is 10.0 Å². The van der Waals surface area contributed by atoms with Crippen molar-refractivity contribution in [1.82, 2.24) is 0 Å². The Labute approximate surface area is 113 Å². The highest BCUT2D eigenvalue weighted by molar-refractivity contribution is 7.89. The van der Waals surface area contributed by atoms with E-state index in [2.05, 4.69) is 5.32 Å². The molecule has 0 spiro atoms. The monoisotopic (exact) mass is 285 g/mol. The van der Waals surface area contributed by atoms with Gasteiger partial charge in [-0.3, -0.25) is 0 Å². The zero-order valence-corrected chi connectivity index (χ0v) is 11.8. The van der Waals surface area contributed by atoms with Crippen molar-refractivity contribution in [2.45, 2.75) is 36.8 Å². The Kier molecular flexibility index (Phi) is 3.46. The summed E-state index contributed by atoms with van der Waals surface area (Å²) in [6.45, 7) is 4.66. The van der Waals surface area contributed by atoms with Gasteiger partial charge in [0.05, 0.1) is 23.0 Å². The number of nitrogens with one attached hydrogen (secondary N) is 1. The lowest BCUT2D eigenvalue weighted by atomic mass is 9.94. The maximum atomic E-state index is 11.4. The summed E-state index contributed by atoms with van der Waals surface area (Å²) >= 11 is 0. The maximum absolute atomic E-state index is 11.4. The Balaban J connectivity index is 2.37.